The van der Waals surface area contributed by atoms with Gasteiger partial charge in [0, 0.05) is 18.9 Å². The Bertz CT molecular complexity index is 1160. The van der Waals surface area contributed by atoms with E-state index in [9.17, 15) is 13.2 Å². The van der Waals surface area contributed by atoms with E-state index in [0.717, 1.165) is 18.0 Å². The summed E-state index contributed by atoms with van der Waals surface area (Å²) in [4.78, 5) is 21.6. The molecule has 0 aliphatic heterocycles. The lowest BCUT2D eigenvalue weighted by molar-refractivity contribution is -0.141. The molecule has 0 aliphatic carbocycles. The molecule has 0 spiro atoms. The number of halogens is 3. The fourth-order valence-corrected chi connectivity index (χ4v) is 2.52. The van der Waals surface area contributed by atoms with E-state index in [1.807, 2.05) is 30.3 Å². The molecule has 0 amide bonds. The van der Waals surface area contributed by atoms with E-state index in [-0.39, 0.29) is 35.0 Å². The molecule has 0 bridgehead atoms. The lowest BCUT2D eigenvalue weighted by atomic mass is 10.2. The van der Waals surface area contributed by atoms with Gasteiger partial charge >= 0.3 is 6.18 Å². The van der Waals surface area contributed by atoms with Crippen LogP contribution in [-0.4, -0.2) is 37.1 Å². The lowest BCUT2D eigenvalue weighted by Crippen LogP contribution is -2.15. The predicted molar refractivity (Wildman–Crippen MR) is 100 cm³/mol. The number of alkyl halides is 3. The summed E-state index contributed by atoms with van der Waals surface area (Å²) in [6, 6.07) is 11.3. The van der Waals surface area contributed by atoms with Crippen LogP contribution in [0.1, 0.15) is 5.69 Å². The number of para-hydroxylation sites is 1. The minimum atomic E-state index is -4.54. The van der Waals surface area contributed by atoms with E-state index in [0.29, 0.717) is 0 Å². The van der Waals surface area contributed by atoms with Gasteiger partial charge in [-0.15, -0.1) is 0 Å². The zero-order valence-corrected chi connectivity index (χ0v) is 15.4. The first-order valence-corrected chi connectivity index (χ1v) is 8.49. The average Bonchev–Trinajstić information content (AvgIpc) is 3.23. The van der Waals surface area contributed by atoms with Gasteiger partial charge in [0.15, 0.2) is 0 Å². The van der Waals surface area contributed by atoms with Gasteiger partial charge in [0.2, 0.25) is 23.5 Å². The van der Waals surface area contributed by atoms with E-state index < -0.39 is 11.9 Å². The number of hydrogen-bond donors (Lipinski definition) is 1. The largest absolute Gasteiger partial charge is 0.433 e. The number of pyridine rings is 1. The van der Waals surface area contributed by atoms with Gasteiger partial charge in [0.05, 0.1) is 5.56 Å². The minimum absolute atomic E-state index is 0.00158. The first-order chi connectivity index (χ1) is 14.3. The molecule has 152 valence electrons. The Hall–Kier alpha value is -4.09. The standard InChI is InChI=1S/C18H13F3N8O/c1-29(11-5-3-2-4-6-11)17-26-13(25-16(22)27-17)14-24-15(30-28-14)10-7-8-12(23-9-10)18(19,20)21/h2-9H,1H3,(H2,22,25,26,27). The highest BCUT2D eigenvalue weighted by molar-refractivity contribution is 5.60. The highest BCUT2D eigenvalue weighted by Gasteiger charge is 2.32. The Labute approximate surface area is 167 Å². The van der Waals surface area contributed by atoms with E-state index in [2.05, 4.69) is 30.1 Å². The van der Waals surface area contributed by atoms with Crippen LogP contribution in [0, 0.1) is 0 Å². The molecule has 0 fully saturated rings. The molecule has 12 heteroatoms. The molecule has 0 radical (unpaired) electrons. The lowest BCUT2D eigenvalue weighted by Gasteiger charge is -2.17. The van der Waals surface area contributed by atoms with Crippen LogP contribution in [0.25, 0.3) is 23.1 Å². The molecule has 3 heterocycles. The van der Waals surface area contributed by atoms with Gasteiger partial charge in [-0.2, -0.15) is 33.1 Å². The van der Waals surface area contributed by atoms with Gasteiger partial charge in [-0.05, 0) is 24.3 Å². The zero-order chi connectivity index (χ0) is 21.3. The summed E-state index contributed by atoms with van der Waals surface area (Å²) >= 11 is 0. The second kappa shape index (κ2) is 7.39. The highest BCUT2D eigenvalue weighted by Crippen LogP contribution is 2.29. The van der Waals surface area contributed by atoms with Crippen molar-refractivity contribution in [3.63, 3.8) is 0 Å². The average molecular weight is 414 g/mol. The van der Waals surface area contributed by atoms with Crippen LogP contribution in [0.5, 0.6) is 0 Å². The molecule has 0 atom stereocenters. The number of benzene rings is 1. The Morgan fingerprint density at radius 1 is 0.933 bits per heavy atom. The Morgan fingerprint density at radius 3 is 2.37 bits per heavy atom. The van der Waals surface area contributed by atoms with Crippen molar-refractivity contribution >= 4 is 17.6 Å². The van der Waals surface area contributed by atoms with Gasteiger partial charge in [-0.25, -0.2) is 0 Å². The summed E-state index contributed by atoms with van der Waals surface area (Å²) in [6.07, 6.45) is -3.54. The van der Waals surface area contributed by atoms with Crippen molar-refractivity contribution in [2.45, 2.75) is 6.18 Å². The van der Waals surface area contributed by atoms with Gasteiger partial charge in [-0.3, -0.25) is 4.98 Å². The van der Waals surface area contributed by atoms with Crippen molar-refractivity contribution in [3.8, 4) is 23.1 Å². The monoisotopic (exact) mass is 414 g/mol. The van der Waals surface area contributed by atoms with E-state index in [1.54, 1.807) is 11.9 Å². The van der Waals surface area contributed by atoms with Crippen LogP contribution in [0.2, 0.25) is 0 Å². The number of nitrogens with two attached hydrogens (primary N) is 1. The number of aromatic nitrogens is 6. The van der Waals surface area contributed by atoms with Gasteiger partial charge < -0.3 is 15.2 Å². The number of nitrogen functional groups attached to an aromatic ring is 1. The summed E-state index contributed by atoms with van der Waals surface area (Å²) in [6.45, 7) is 0. The molecule has 4 rings (SSSR count). The number of anilines is 3. The SMILES string of the molecule is CN(c1ccccc1)c1nc(N)nc(-c2noc(-c3ccc(C(F)(F)F)nc3)n2)n1. The highest BCUT2D eigenvalue weighted by atomic mass is 19.4. The van der Waals surface area contributed by atoms with Crippen LogP contribution in [0.4, 0.5) is 30.8 Å². The van der Waals surface area contributed by atoms with Crippen molar-refractivity contribution in [1.29, 1.82) is 0 Å². The zero-order valence-electron chi connectivity index (χ0n) is 15.4. The quantitative estimate of drug-likeness (QED) is 0.536. The van der Waals surface area contributed by atoms with Gasteiger partial charge in [0.1, 0.15) is 5.69 Å². The summed E-state index contributed by atoms with van der Waals surface area (Å²) in [5, 5.41) is 3.79. The maximum atomic E-state index is 12.7. The second-order valence-corrected chi connectivity index (χ2v) is 6.06. The van der Waals surface area contributed by atoms with Crippen LogP contribution < -0.4 is 10.6 Å². The van der Waals surface area contributed by atoms with Crippen LogP contribution in [0.15, 0.2) is 53.2 Å². The van der Waals surface area contributed by atoms with Crippen LogP contribution in [-0.2, 0) is 6.18 Å². The first-order valence-electron chi connectivity index (χ1n) is 8.49. The molecule has 9 nitrogen and oxygen atoms in total. The molecule has 3 aromatic heterocycles. The summed E-state index contributed by atoms with van der Waals surface area (Å²) in [5.41, 5.74) is 5.80. The topological polar surface area (TPSA) is 120 Å². The molecular weight excluding hydrogens is 401 g/mol. The molecule has 2 N–H and O–H groups in total. The Balaban J connectivity index is 1.64. The molecule has 0 saturated carbocycles. The predicted octanol–water partition coefficient (Wildman–Crippen LogP) is 3.35. The fraction of sp³-hybridized carbons (Fsp3) is 0.111. The maximum absolute atomic E-state index is 12.7. The van der Waals surface area contributed by atoms with E-state index in [1.165, 1.54) is 6.07 Å². The molecule has 0 aliphatic rings. The maximum Gasteiger partial charge on any atom is 0.433 e. The van der Waals surface area contributed by atoms with Crippen molar-refractivity contribution < 1.29 is 17.7 Å². The summed E-state index contributed by atoms with van der Waals surface area (Å²) in [5.74, 6) is 0.214. The summed E-state index contributed by atoms with van der Waals surface area (Å²) < 4.78 is 43.1. The van der Waals surface area contributed by atoms with Crippen molar-refractivity contribution in [3.05, 3.63) is 54.4 Å². The molecular formula is C18H13F3N8O. The molecule has 30 heavy (non-hydrogen) atoms. The van der Waals surface area contributed by atoms with Crippen molar-refractivity contribution in [1.82, 2.24) is 30.1 Å². The Morgan fingerprint density at radius 2 is 1.70 bits per heavy atom. The summed E-state index contributed by atoms with van der Waals surface area (Å²) in [7, 11) is 1.75. The first kappa shape index (κ1) is 19.2. The number of rotatable bonds is 4. The van der Waals surface area contributed by atoms with Crippen LogP contribution >= 0.6 is 0 Å². The number of hydrogen-bond acceptors (Lipinski definition) is 9. The molecule has 1 aromatic carbocycles. The fourth-order valence-electron chi connectivity index (χ4n) is 2.52. The third kappa shape index (κ3) is 3.87. The molecule has 0 saturated heterocycles. The second-order valence-electron chi connectivity index (χ2n) is 6.06. The van der Waals surface area contributed by atoms with E-state index in [4.69, 9.17) is 10.3 Å². The van der Waals surface area contributed by atoms with Crippen molar-refractivity contribution in [2.75, 3.05) is 17.7 Å². The third-order valence-electron chi connectivity index (χ3n) is 4.01. The smallest absolute Gasteiger partial charge is 0.368 e. The Kier molecular flexibility index (Phi) is 4.74. The van der Waals surface area contributed by atoms with Gasteiger partial charge in [-0.1, -0.05) is 23.4 Å². The van der Waals surface area contributed by atoms with Gasteiger partial charge in [0.25, 0.3) is 5.89 Å². The van der Waals surface area contributed by atoms with Crippen molar-refractivity contribution in [2.24, 2.45) is 0 Å². The molecule has 0 unspecified atom stereocenters. The number of nitrogens with zero attached hydrogens (tertiary/aromatic N) is 7. The molecule has 4 aromatic rings. The minimum Gasteiger partial charge on any atom is -0.368 e. The third-order valence-corrected chi connectivity index (χ3v) is 4.01. The normalized spacial score (nSPS) is 11.5. The van der Waals surface area contributed by atoms with E-state index >= 15 is 0 Å². The van der Waals surface area contributed by atoms with Crippen LogP contribution in [0.3, 0.4) is 0 Å².